The van der Waals surface area contributed by atoms with Gasteiger partial charge in [0.1, 0.15) is 17.2 Å². The van der Waals surface area contributed by atoms with Crippen LogP contribution in [0.2, 0.25) is 0 Å². The number of urea groups is 1. The molecule has 8 nitrogen and oxygen atoms in total. The molecule has 0 radical (unpaired) electrons. The van der Waals surface area contributed by atoms with Gasteiger partial charge in [0.05, 0.1) is 26.7 Å². The molecular weight excluding hydrogens is 292 g/mol. The molecule has 0 saturated carbocycles. The fourth-order valence-electron chi connectivity index (χ4n) is 1.95. The van der Waals surface area contributed by atoms with Gasteiger partial charge >= 0.3 is 6.03 Å². The molecule has 8 heteroatoms. The molecule has 3 amide bonds. The summed E-state index contributed by atoms with van der Waals surface area (Å²) in [5.74, 6) is -1.27. The molecule has 0 unspecified atom stereocenters. The summed E-state index contributed by atoms with van der Waals surface area (Å²) in [5, 5.41) is 12.9. The van der Waals surface area contributed by atoms with Gasteiger partial charge in [-0.2, -0.15) is 0 Å². The van der Waals surface area contributed by atoms with Crippen LogP contribution in [0.4, 0.5) is 4.79 Å². The van der Waals surface area contributed by atoms with Gasteiger partial charge in [-0.15, -0.1) is 0 Å². The van der Waals surface area contributed by atoms with Gasteiger partial charge in [0.2, 0.25) is 0 Å². The predicted octanol–water partition coefficient (Wildman–Crippen LogP) is -0.654. The zero-order valence-corrected chi connectivity index (χ0v) is 11.9. The smallest absolute Gasteiger partial charge is 0.329 e. The second-order valence-electron chi connectivity index (χ2n) is 4.36. The van der Waals surface area contributed by atoms with Crippen molar-refractivity contribution < 1.29 is 29.0 Å². The van der Waals surface area contributed by atoms with Gasteiger partial charge in [-0.3, -0.25) is 9.69 Å². The number of carbonyl (C=O) groups is 3. The van der Waals surface area contributed by atoms with Gasteiger partial charge < -0.3 is 24.7 Å². The lowest BCUT2D eigenvalue weighted by Gasteiger charge is -2.11. The first-order valence-corrected chi connectivity index (χ1v) is 6.22. The molecule has 1 aliphatic rings. The molecule has 1 N–H and O–H groups in total. The molecule has 0 aromatic heterocycles. The van der Waals surface area contributed by atoms with E-state index in [2.05, 4.69) is 5.32 Å². The van der Waals surface area contributed by atoms with Gasteiger partial charge in [-0.1, -0.05) is 0 Å². The van der Waals surface area contributed by atoms with E-state index in [1.807, 2.05) is 0 Å². The molecule has 1 aromatic rings. The number of carboxylic acids is 1. The number of nitrogens with one attached hydrogen (secondary N) is 1. The highest BCUT2D eigenvalue weighted by atomic mass is 16.5. The third kappa shape index (κ3) is 3.00. The van der Waals surface area contributed by atoms with Gasteiger partial charge in [0, 0.05) is 5.56 Å². The summed E-state index contributed by atoms with van der Waals surface area (Å²) >= 11 is 0. The number of hydrogen-bond acceptors (Lipinski definition) is 6. The van der Waals surface area contributed by atoms with Crippen LogP contribution in [-0.2, 0) is 9.59 Å². The van der Waals surface area contributed by atoms with Crippen LogP contribution < -0.4 is 19.9 Å². The molecule has 1 heterocycles. The Kier molecular flexibility index (Phi) is 4.31. The lowest BCUT2D eigenvalue weighted by atomic mass is 10.1. The molecule has 2 rings (SSSR count). The van der Waals surface area contributed by atoms with Crippen LogP contribution >= 0.6 is 0 Å². The maximum atomic E-state index is 12.0. The number of rotatable bonds is 5. The molecule has 1 saturated heterocycles. The average Bonchev–Trinajstić information content (AvgIpc) is 2.74. The van der Waals surface area contributed by atoms with Crippen molar-refractivity contribution in [3.05, 3.63) is 29.5 Å². The quantitative estimate of drug-likeness (QED) is 0.572. The Morgan fingerprint density at radius 2 is 2.05 bits per heavy atom. The first-order chi connectivity index (χ1) is 10.5. The van der Waals surface area contributed by atoms with Crippen LogP contribution in [0.5, 0.6) is 11.5 Å². The van der Waals surface area contributed by atoms with E-state index < -0.39 is 24.5 Å². The molecule has 0 aliphatic carbocycles. The molecule has 1 aromatic carbocycles. The van der Waals surface area contributed by atoms with Crippen molar-refractivity contribution >= 4 is 24.0 Å². The average molecular weight is 305 g/mol. The minimum absolute atomic E-state index is 0.0576. The highest BCUT2D eigenvalue weighted by Crippen LogP contribution is 2.26. The van der Waals surface area contributed by atoms with E-state index >= 15 is 0 Å². The minimum atomic E-state index is -1.52. The number of carbonyl (C=O) groups excluding carboxylic acids is 3. The molecule has 0 atom stereocenters. The summed E-state index contributed by atoms with van der Waals surface area (Å²) in [6, 6.07) is 4.12. The van der Waals surface area contributed by atoms with Gasteiger partial charge in [-0.05, 0) is 24.3 Å². The fourth-order valence-corrected chi connectivity index (χ4v) is 1.95. The van der Waals surface area contributed by atoms with Gasteiger partial charge in [0.25, 0.3) is 5.91 Å². The van der Waals surface area contributed by atoms with Crippen molar-refractivity contribution in [1.29, 1.82) is 0 Å². The van der Waals surface area contributed by atoms with Crippen LogP contribution in [0.1, 0.15) is 5.56 Å². The van der Waals surface area contributed by atoms with Crippen LogP contribution in [-0.4, -0.2) is 43.6 Å². The number of nitrogens with zero attached hydrogens (tertiary/aromatic N) is 1. The third-order valence-electron chi connectivity index (χ3n) is 2.99. The third-order valence-corrected chi connectivity index (χ3v) is 2.99. The van der Waals surface area contributed by atoms with Gasteiger partial charge in [0.15, 0.2) is 0 Å². The molecule has 22 heavy (non-hydrogen) atoms. The Morgan fingerprint density at radius 1 is 1.32 bits per heavy atom. The maximum Gasteiger partial charge on any atom is 0.329 e. The number of imide groups is 1. The van der Waals surface area contributed by atoms with Crippen molar-refractivity contribution in [2.45, 2.75) is 0 Å². The number of benzene rings is 1. The van der Waals surface area contributed by atoms with Crippen molar-refractivity contribution in [3.63, 3.8) is 0 Å². The van der Waals surface area contributed by atoms with Crippen molar-refractivity contribution in [2.75, 3.05) is 20.8 Å². The SMILES string of the molecule is COc1ccc(OC)c(/C=C2/NC(=O)N(CC(=O)[O-])C2=O)c1. The Labute approximate surface area is 125 Å². The topological polar surface area (TPSA) is 108 Å². The fraction of sp³-hybridized carbons (Fsp3) is 0.214. The van der Waals surface area contributed by atoms with E-state index in [0.717, 1.165) is 0 Å². The Bertz CT molecular complexity index is 667. The van der Waals surface area contributed by atoms with E-state index in [4.69, 9.17) is 9.47 Å². The number of hydrogen-bond donors (Lipinski definition) is 1. The predicted molar refractivity (Wildman–Crippen MR) is 72.8 cm³/mol. The molecule has 116 valence electrons. The normalized spacial score (nSPS) is 15.9. The summed E-state index contributed by atoms with van der Waals surface area (Å²) < 4.78 is 10.3. The van der Waals surface area contributed by atoms with E-state index in [9.17, 15) is 19.5 Å². The van der Waals surface area contributed by atoms with Gasteiger partial charge in [-0.25, -0.2) is 4.79 Å². The van der Waals surface area contributed by atoms with E-state index in [-0.39, 0.29) is 5.70 Å². The van der Waals surface area contributed by atoms with Crippen LogP contribution in [0.3, 0.4) is 0 Å². The standard InChI is InChI=1S/C14H14N2O6/c1-21-9-3-4-11(22-2)8(5-9)6-10-13(19)16(7-12(17)18)14(20)15-10/h3-6H,7H2,1-2H3,(H,15,20)(H,17,18)/p-1/b10-6+. The first-order valence-electron chi connectivity index (χ1n) is 6.22. The highest BCUT2D eigenvalue weighted by molar-refractivity contribution is 6.15. The van der Waals surface area contributed by atoms with Crippen LogP contribution in [0.15, 0.2) is 23.9 Å². The largest absolute Gasteiger partial charge is 0.548 e. The highest BCUT2D eigenvalue weighted by Gasteiger charge is 2.33. The Balaban J connectivity index is 2.36. The van der Waals surface area contributed by atoms with Crippen LogP contribution in [0.25, 0.3) is 6.08 Å². The lowest BCUT2D eigenvalue weighted by Crippen LogP contribution is -2.41. The van der Waals surface area contributed by atoms with Crippen molar-refractivity contribution in [1.82, 2.24) is 10.2 Å². The monoisotopic (exact) mass is 305 g/mol. The zero-order valence-electron chi connectivity index (χ0n) is 11.9. The lowest BCUT2D eigenvalue weighted by molar-refractivity contribution is -0.305. The van der Waals surface area contributed by atoms with Crippen molar-refractivity contribution in [2.24, 2.45) is 0 Å². The molecular formula is C14H13N2O6-. The molecule has 1 aliphatic heterocycles. The van der Waals surface area contributed by atoms with Crippen LogP contribution in [0, 0.1) is 0 Å². The second kappa shape index (κ2) is 6.17. The van der Waals surface area contributed by atoms with Crippen molar-refractivity contribution in [3.8, 4) is 11.5 Å². The number of aliphatic carboxylic acids is 1. The number of ether oxygens (including phenoxy) is 2. The summed E-state index contributed by atoms with van der Waals surface area (Å²) in [6.07, 6.45) is 1.39. The van der Waals surface area contributed by atoms with E-state index in [0.29, 0.717) is 22.0 Å². The summed E-state index contributed by atoms with van der Waals surface area (Å²) in [7, 11) is 2.95. The zero-order chi connectivity index (χ0) is 16.3. The molecule has 0 spiro atoms. The Morgan fingerprint density at radius 3 is 2.64 bits per heavy atom. The molecule has 0 bridgehead atoms. The first kappa shape index (κ1) is 15.4. The Hall–Kier alpha value is -3.03. The van der Waals surface area contributed by atoms with E-state index in [1.54, 1.807) is 18.2 Å². The second-order valence-corrected chi connectivity index (χ2v) is 4.36. The minimum Gasteiger partial charge on any atom is -0.548 e. The summed E-state index contributed by atoms with van der Waals surface area (Å²) in [5.41, 5.74) is 0.443. The number of carboxylic acid groups (broad SMARTS) is 1. The summed E-state index contributed by atoms with van der Waals surface area (Å²) in [4.78, 5) is 34.7. The maximum absolute atomic E-state index is 12.0. The summed E-state index contributed by atoms with van der Waals surface area (Å²) in [6.45, 7) is -0.808. The number of methoxy groups -OCH3 is 2. The van der Waals surface area contributed by atoms with E-state index in [1.165, 1.54) is 20.3 Å². The molecule has 1 fully saturated rings. The number of amides is 3.